The molecule has 1 heterocycles. The predicted molar refractivity (Wildman–Crippen MR) is 114 cm³/mol. The summed E-state index contributed by atoms with van der Waals surface area (Å²) < 4.78 is 8.35. The second-order valence-corrected chi connectivity index (χ2v) is 7.98. The maximum Gasteiger partial charge on any atom is 0.253 e. The highest BCUT2D eigenvalue weighted by atomic mass is 79.9. The van der Waals surface area contributed by atoms with Crippen LogP contribution in [0, 0.1) is 0 Å². The van der Waals surface area contributed by atoms with Gasteiger partial charge in [-0.25, -0.2) is 0 Å². The van der Waals surface area contributed by atoms with E-state index >= 15 is 0 Å². The summed E-state index contributed by atoms with van der Waals surface area (Å²) >= 11 is 15.4. The lowest BCUT2D eigenvalue weighted by molar-refractivity contribution is 0.0781. The van der Waals surface area contributed by atoms with Gasteiger partial charge in [0.25, 0.3) is 5.91 Å². The number of nitrogens with zero attached hydrogens (tertiary/aromatic N) is 3. The zero-order chi connectivity index (χ0) is 20.3. The molecule has 3 rings (SSSR count). The topological polar surface area (TPSA) is 47.4 Å². The minimum Gasteiger partial charge on any atom is -0.487 e. The molecule has 0 aliphatic rings. The molecule has 0 radical (unpaired) electrons. The van der Waals surface area contributed by atoms with Crippen LogP contribution in [0.2, 0.25) is 10.0 Å². The van der Waals surface area contributed by atoms with Gasteiger partial charge in [0.2, 0.25) is 0 Å². The zero-order valence-corrected chi connectivity index (χ0v) is 18.4. The number of hydrogen-bond donors (Lipinski definition) is 0. The fraction of sp³-hybridized carbons (Fsp3) is 0.200. The van der Waals surface area contributed by atoms with Crippen LogP contribution in [0.5, 0.6) is 5.75 Å². The van der Waals surface area contributed by atoms with Crippen LogP contribution in [0.3, 0.4) is 0 Å². The van der Waals surface area contributed by atoms with Gasteiger partial charge in [-0.05, 0) is 51.8 Å². The highest BCUT2D eigenvalue weighted by Crippen LogP contribution is 2.28. The molecule has 1 aromatic heterocycles. The van der Waals surface area contributed by atoms with Gasteiger partial charge in [-0.3, -0.25) is 9.48 Å². The number of rotatable bonds is 6. The molecule has 0 unspecified atom stereocenters. The van der Waals surface area contributed by atoms with E-state index in [4.69, 9.17) is 27.9 Å². The van der Waals surface area contributed by atoms with Crippen molar-refractivity contribution in [2.24, 2.45) is 7.05 Å². The first-order valence-electron chi connectivity index (χ1n) is 8.44. The van der Waals surface area contributed by atoms with Gasteiger partial charge in [0.15, 0.2) is 0 Å². The quantitative estimate of drug-likeness (QED) is 0.476. The summed E-state index contributed by atoms with van der Waals surface area (Å²) in [4.78, 5) is 14.3. The fourth-order valence-electron chi connectivity index (χ4n) is 2.63. The van der Waals surface area contributed by atoms with Gasteiger partial charge in [0.1, 0.15) is 12.4 Å². The Labute approximate surface area is 181 Å². The van der Waals surface area contributed by atoms with E-state index in [2.05, 4.69) is 21.0 Å². The molecule has 3 aromatic rings. The van der Waals surface area contributed by atoms with E-state index in [1.54, 1.807) is 53.2 Å². The van der Waals surface area contributed by atoms with Crippen LogP contribution in [0.4, 0.5) is 0 Å². The van der Waals surface area contributed by atoms with Crippen LogP contribution in [-0.4, -0.2) is 27.6 Å². The molecule has 0 bridgehead atoms. The number of carbonyl (C=O) groups excluding carboxylic acids is 1. The first-order valence-corrected chi connectivity index (χ1v) is 9.98. The Morgan fingerprint density at radius 2 is 1.93 bits per heavy atom. The van der Waals surface area contributed by atoms with Gasteiger partial charge in [-0.2, -0.15) is 5.10 Å². The molecule has 0 atom stereocenters. The van der Waals surface area contributed by atoms with Crippen LogP contribution in [0.15, 0.2) is 53.1 Å². The summed E-state index contributed by atoms with van der Waals surface area (Å²) in [5.74, 6) is 0.494. The molecule has 2 aromatic carbocycles. The summed E-state index contributed by atoms with van der Waals surface area (Å²) in [7, 11) is 3.61. The lowest BCUT2D eigenvalue weighted by atomic mass is 10.1. The molecular formula is C20H18BrCl2N3O2. The Bertz CT molecular complexity index is 970. The molecule has 0 aliphatic carbocycles. The van der Waals surface area contributed by atoms with Crippen LogP contribution >= 0.6 is 39.1 Å². The standard InChI is InChI=1S/C20H18BrCl2N3O2/c1-25(11-18-16(21)10-24-26(18)2)20(27)14-5-3-13(4-6-14)12-28-19-8-7-15(22)9-17(19)23/h3-10H,11-12H2,1-2H3. The third-order valence-electron chi connectivity index (χ3n) is 4.23. The van der Waals surface area contributed by atoms with Crippen molar-refractivity contribution in [3.63, 3.8) is 0 Å². The maximum atomic E-state index is 12.7. The Hall–Kier alpha value is -2.02. The van der Waals surface area contributed by atoms with Gasteiger partial charge >= 0.3 is 0 Å². The molecule has 0 fully saturated rings. The number of ether oxygens (including phenoxy) is 1. The van der Waals surface area contributed by atoms with Gasteiger partial charge < -0.3 is 9.64 Å². The van der Waals surface area contributed by atoms with Gasteiger partial charge in [0.05, 0.1) is 27.9 Å². The lowest BCUT2D eigenvalue weighted by Gasteiger charge is -2.18. The zero-order valence-electron chi connectivity index (χ0n) is 15.3. The second-order valence-electron chi connectivity index (χ2n) is 6.28. The SMILES string of the molecule is CN(Cc1c(Br)cnn1C)C(=O)c1ccc(COc2ccc(Cl)cc2Cl)cc1. The van der Waals surface area contributed by atoms with Crippen molar-refractivity contribution in [3.8, 4) is 5.75 Å². The van der Waals surface area contributed by atoms with E-state index in [-0.39, 0.29) is 5.91 Å². The van der Waals surface area contributed by atoms with Crippen LogP contribution < -0.4 is 4.74 Å². The smallest absolute Gasteiger partial charge is 0.253 e. The van der Waals surface area contributed by atoms with Crippen molar-refractivity contribution in [2.75, 3.05) is 7.05 Å². The molecule has 146 valence electrons. The number of carbonyl (C=O) groups is 1. The third kappa shape index (κ3) is 4.87. The maximum absolute atomic E-state index is 12.7. The van der Waals surface area contributed by atoms with E-state index in [1.165, 1.54) is 0 Å². The molecule has 1 amide bonds. The Kier molecular flexibility index (Phi) is 6.65. The number of aromatic nitrogens is 2. The van der Waals surface area contributed by atoms with E-state index < -0.39 is 0 Å². The number of halogens is 3. The summed E-state index contributed by atoms with van der Waals surface area (Å²) in [5, 5.41) is 5.19. The van der Waals surface area contributed by atoms with Gasteiger partial charge in [0, 0.05) is 24.7 Å². The number of aryl methyl sites for hydroxylation is 1. The number of benzene rings is 2. The Morgan fingerprint density at radius 3 is 2.54 bits per heavy atom. The van der Waals surface area contributed by atoms with E-state index in [9.17, 15) is 4.79 Å². The molecule has 5 nitrogen and oxygen atoms in total. The number of hydrogen-bond acceptors (Lipinski definition) is 3. The third-order valence-corrected chi connectivity index (χ3v) is 5.43. The molecule has 0 N–H and O–H groups in total. The number of amides is 1. The van der Waals surface area contributed by atoms with Crippen LogP contribution in [0.1, 0.15) is 21.6 Å². The Morgan fingerprint density at radius 1 is 1.21 bits per heavy atom. The normalized spacial score (nSPS) is 10.8. The molecule has 0 saturated heterocycles. The fourth-order valence-corrected chi connectivity index (χ4v) is 3.56. The largest absolute Gasteiger partial charge is 0.487 e. The molecule has 8 heteroatoms. The predicted octanol–water partition coefficient (Wildman–Crippen LogP) is 5.34. The molecular weight excluding hydrogens is 465 g/mol. The summed E-state index contributed by atoms with van der Waals surface area (Å²) in [5.41, 5.74) is 2.47. The minimum absolute atomic E-state index is 0.0682. The van der Waals surface area contributed by atoms with Crippen molar-refractivity contribution in [1.29, 1.82) is 0 Å². The van der Waals surface area contributed by atoms with Gasteiger partial charge in [-0.15, -0.1) is 0 Å². The average Bonchev–Trinajstić information content (AvgIpc) is 2.99. The van der Waals surface area contributed by atoms with E-state index in [0.717, 1.165) is 15.7 Å². The van der Waals surface area contributed by atoms with Gasteiger partial charge in [-0.1, -0.05) is 35.3 Å². The van der Waals surface area contributed by atoms with Crippen molar-refractivity contribution in [2.45, 2.75) is 13.2 Å². The first kappa shape index (κ1) is 20.7. The van der Waals surface area contributed by atoms with Crippen molar-refractivity contribution in [3.05, 3.63) is 80.0 Å². The first-order chi connectivity index (χ1) is 13.3. The lowest BCUT2D eigenvalue weighted by Crippen LogP contribution is -2.27. The van der Waals surface area contributed by atoms with Crippen molar-refractivity contribution in [1.82, 2.24) is 14.7 Å². The van der Waals surface area contributed by atoms with Crippen molar-refractivity contribution >= 4 is 45.0 Å². The highest BCUT2D eigenvalue weighted by Gasteiger charge is 2.15. The molecule has 0 saturated carbocycles. The second kappa shape index (κ2) is 8.99. The molecule has 0 aliphatic heterocycles. The summed E-state index contributed by atoms with van der Waals surface area (Å²) in [6.45, 7) is 0.795. The summed E-state index contributed by atoms with van der Waals surface area (Å²) in [6.07, 6.45) is 1.72. The summed E-state index contributed by atoms with van der Waals surface area (Å²) in [6, 6.07) is 12.4. The molecule has 28 heavy (non-hydrogen) atoms. The van der Waals surface area contributed by atoms with Crippen LogP contribution in [-0.2, 0) is 20.2 Å². The van der Waals surface area contributed by atoms with Crippen molar-refractivity contribution < 1.29 is 9.53 Å². The monoisotopic (exact) mass is 481 g/mol. The molecule has 0 spiro atoms. The average molecular weight is 483 g/mol. The van der Waals surface area contributed by atoms with E-state index in [1.807, 2.05) is 19.2 Å². The van der Waals surface area contributed by atoms with Crippen LogP contribution in [0.25, 0.3) is 0 Å². The van der Waals surface area contributed by atoms with E-state index in [0.29, 0.717) is 34.5 Å². The highest BCUT2D eigenvalue weighted by molar-refractivity contribution is 9.10. The minimum atomic E-state index is -0.0682. The Balaban J connectivity index is 1.62.